The topological polar surface area (TPSA) is 71.1 Å². The monoisotopic (exact) mass is 361 g/mol. The van der Waals surface area contributed by atoms with E-state index >= 15 is 0 Å². The van der Waals surface area contributed by atoms with Gasteiger partial charge < -0.3 is 5.32 Å². The average molecular weight is 362 g/mol. The van der Waals surface area contributed by atoms with E-state index in [-0.39, 0.29) is 4.90 Å². The Morgan fingerprint density at radius 2 is 2.16 bits per heavy atom. The highest BCUT2D eigenvalue weighted by molar-refractivity contribution is 9.10. The maximum absolute atomic E-state index is 11.5. The smallest absolute Gasteiger partial charge is 0.241 e. The fourth-order valence-electron chi connectivity index (χ4n) is 1.38. The molecule has 0 unspecified atom stereocenters. The fourth-order valence-corrected chi connectivity index (χ4v) is 3.49. The number of aromatic nitrogens is 1. The molecular formula is C11H12BrN3O2S2. The van der Waals surface area contributed by atoms with Crippen LogP contribution in [0.15, 0.2) is 39.1 Å². The van der Waals surface area contributed by atoms with Gasteiger partial charge >= 0.3 is 0 Å². The molecule has 2 aromatic heterocycles. The van der Waals surface area contributed by atoms with Gasteiger partial charge in [-0.3, -0.25) is 0 Å². The van der Waals surface area contributed by atoms with Crippen molar-refractivity contribution < 1.29 is 8.42 Å². The molecule has 19 heavy (non-hydrogen) atoms. The van der Waals surface area contributed by atoms with Crippen molar-refractivity contribution in [1.82, 2.24) is 9.71 Å². The lowest BCUT2D eigenvalue weighted by molar-refractivity contribution is 0.588. The Bertz CT molecular complexity index is 653. The molecule has 0 aliphatic heterocycles. The number of thiophene rings is 1. The van der Waals surface area contributed by atoms with Gasteiger partial charge in [-0.15, -0.1) is 11.3 Å². The summed E-state index contributed by atoms with van der Waals surface area (Å²) >= 11 is 5.09. The predicted molar refractivity (Wildman–Crippen MR) is 79.8 cm³/mol. The largest absolute Gasteiger partial charge is 0.365 e. The van der Waals surface area contributed by atoms with E-state index in [1.54, 1.807) is 17.4 Å². The molecular weight excluding hydrogens is 350 g/mol. The third-order valence-corrected chi connectivity index (χ3v) is 5.76. The number of hydrogen-bond acceptors (Lipinski definition) is 5. The molecule has 5 nitrogen and oxygen atoms in total. The number of nitrogens with zero attached hydrogens (tertiary/aromatic N) is 1. The van der Waals surface area contributed by atoms with Crippen molar-refractivity contribution in [3.05, 3.63) is 39.1 Å². The Morgan fingerprint density at radius 1 is 1.37 bits per heavy atom. The van der Waals surface area contributed by atoms with Crippen LogP contribution in [0, 0.1) is 0 Å². The van der Waals surface area contributed by atoms with E-state index in [0.29, 0.717) is 12.4 Å². The van der Waals surface area contributed by atoms with Gasteiger partial charge in [0.1, 0.15) is 10.7 Å². The zero-order valence-corrected chi connectivity index (χ0v) is 13.3. The molecule has 0 bridgehead atoms. The minimum atomic E-state index is -3.43. The van der Waals surface area contributed by atoms with Crippen molar-refractivity contribution in [2.75, 3.05) is 12.4 Å². The molecule has 8 heteroatoms. The van der Waals surface area contributed by atoms with Crippen LogP contribution in [0.1, 0.15) is 4.88 Å². The lowest BCUT2D eigenvalue weighted by Crippen LogP contribution is -2.18. The highest BCUT2D eigenvalue weighted by Gasteiger charge is 2.11. The number of rotatable bonds is 5. The van der Waals surface area contributed by atoms with Crippen LogP contribution in [0.2, 0.25) is 0 Å². The number of hydrogen-bond donors (Lipinski definition) is 2. The van der Waals surface area contributed by atoms with E-state index < -0.39 is 10.0 Å². The second-order valence-electron chi connectivity index (χ2n) is 3.63. The molecule has 0 spiro atoms. The van der Waals surface area contributed by atoms with E-state index in [4.69, 9.17) is 0 Å². The van der Waals surface area contributed by atoms with Gasteiger partial charge in [0.25, 0.3) is 0 Å². The molecule has 0 saturated carbocycles. The van der Waals surface area contributed by atoms with Crippen LogP contribution < -0.4 is 10.0 Å². The number of halogens is 1. The first-order valence-electron chi connectivity index (χ1n) is 5.38. The summed E-state index contributed by atoms with van der Waals surface area (Å²) in [7, 11) is -2.05. The van der Waals surface area contributed by atoms with Crippen LogP contribution in [-0.4, -0.2) is 20.4 Å². The Kier molecular flexibility index (Phi) is 4.56. The van der Waals surface area contributed by atoms with Gasteiger partial charge in [-0.05, 0) is 46.6 Å². The molecule has 0 radical (unpaired) electrons. The standard InChI is InChI=1S/C11H12BrN3O2S2/c1-13-19(16,17)8-2-3-11(14-6-8)15-7-10-9(12)4-5-18-10/h2-6,13H,7H2,1H3,(H,14,15). The third-order valence-electron chi connectivity index (χ3n) is 2.44. The highest BCUT2D eigenvalue weighted by atomic mass is 79.9. The number of pyridine rings is 1. The summed E-state index contributed by atoms with van der Waals surface area (Å²) in [5, 5.41) is 5.14. The van der Waals surface area contributed by atoms with Gasteiger partial charge in [-0.2, -0.15) is 0 Å². The van der Waals surface area contributed by atoms with Crippen molar-refractivity contribution in [3.8, 4) is 0 Å². The van der Waals surface area contributed by atoms with Crippen LogP contribution in [0.4, 0.5) is 5.82 Å². The summed E-state index contributed by atoms with van der Waals surface area (Å²) < 4.78 is 26.4. The predicted octanol–water partition coefficient (Wildman–Crippen LogP) is 2.43. The second-order valence-corrected chi connectivity index (χ2v) is 7.37. The molecule has 0 amide bonds. The van der Waals surface area contributed by atoms with Crippen LogP contribution in [0.3, 0.4) is 0 Å². The fraction of sp³-hybridized carbons (Fsp3) is 0.182. The summed E-state index contributed by atoms with van der Waals surface area (Å²) in [6, 6.07) is 5.15. The number of anilines is 1. The van der Waals surface area contributed by atoms with Crippen molar-refractivity contribution >= 4 is 43.1 Å². The molecule has 2 heterocycles. The van der Waals surface area contributed by atoms with Crippen molar-refractivity contribution in [3.63, 3.8) is 0 Å². The Labute approximate surface area is 124 Å². The van der Waals surface area contributed by atoms with Crippen molar-refractivity contribution in [2.24, 2.45) is 0 Å². The van der Waals surface area contributed by atoms with Crippen LogP contribution in [0.25, 0.3) is 0 Å². The van der Waals surface area contributed by atoms with Gasteiger partial charge in [0, 0.05) is 15.5 Å². The van der Waals surface area contributed by atoms with Crippen molar-refractivity contribution in [1.29, 1.82) is 0 Å². The minimum absolute atomic E-state index is 0.151. The SMILES string of the molecule is CNS(=O)(=O)c1ccc(NCc2sccc2Br)nc1. The number of sulfonamides is 1. The van der Waals surface area contributed by atoms with Crippen LogP contribution >= 0.6 is 27.3 Å². The van der Waals surface area contributed by atoms with Gasteiger partial charge in [0.15, 0.2) is 0 Å². The van der Waals surface area contributed by atoms with Crippen molar-refractivity contribution in [2.45, 2.75) is 11.4 Å². The summed E-state index contributed by atoms with van der Waals surface area (Å²) in [4.78, 5) is 5.39. The van der Waals surface area contributed by atoms with E-state index in [9.17, 15) is 8.42 Å². The lowest BCUT2D eigenvalue weighted by atomic mass is 10.4. The molecule has 0 fully saturated rings. The number of nitrogens with one attached hydrogen (secondary N) is 2. The summed E-state index contributed by atoms with van der Waals surface area (Å²) in [5.41, 5.74) is 0. The van der Waals surface area contributed by atoms with Crippen LogP contribution in [-0.2, 0) is 16.6 Å². The lowest BCUT2D eigenvalue weighted by Gasteiger charge is -2.06. The molecule has 0 aliphatic rings. The van der Waals surface area contributed by atoms with Gasteiger partial charge in [0.2, 0.25) is 10.0 Å². The quantitative estimate of drug-likeness (QED) is 0.857. The van der Waals surface area contributed by atoms with E-state index in [2.05, 4.69) is 31.0 Å². The Balaban J connectivity index is 2.06. The first-order chi connectivity index (χ1) is 9.03. The molecule has 0 aromatic carbocycles. The zero-order valence-electron chi connectivity index (χ0n) is 10.1. The highest BCUT2D eigenvalue weighted by Crippen LogP contribution is 2.23. The molecule has 2 N–H and O–H groups in total. The zero-order chi connectivity index (χ0) is 13.9. The summed E-state index contributed by atoms with van der Waals surface area (Å²) in [5.74, 6) is 0.635. The molecule has 2 rings (SSSR count). The van der Waals surface area contributed by atoms with Gasteiger partial charge in [-0.25, -0.2) is 18.1 Å². The van der Waals surface area contributed by atoms with Crippen LogP contribution in [0.5, 0.6) is 0 Å². The van der Waals surface area contributed by atoms with E-state index in [1.165, 1.54) is 19.3 Å². The normalized spacial score (nSPS) is 11.5. The Hall–Kier alpha value is -0.960. The molecule has 0 atom stereocenters. The summed E-state index contributed by atoms with van der Waals surface area (Å²) in [6.07, 6.45) is 1.33. The molecule has 2 aromatic rings. The van der Waals surface area contributed by atoms with Gasteiger partial charge in [-0.1, -0.05) is 0 Å². The second kappa shape index (κ2) is 6.00. The summed E-state index contributed by atoms with van der Waals surface area (Å²) in [6.45, 7) is 0.642. The third kappa shape index (κ3) is 3.53. The first kappa shape index (κ1) is 14.4. The minimum Gasteiger partial charge on any atom is -0.365 e. The van der Waals surface area contributed by atoms with E-state index in [0.717, 1.165) is 9.35 Å². The van der Waals surface area contributed by atoms with E-state index in [1.807, 2.05) is 11.4 Å². The molecule has 0 saturated heterocycles. The van der Waals surface area contributed by atoms with Gasteiger partial charge in [0.05, 0.1) is 6.54 Å². The maximum atomic E-state index is 11.5. The average Bonchev–Trinajstić information content (AvgIpc) is 2.82. The molecule has 102 valence electrons. The first-order valence-corrected chi connectivity index (χ1v) is 8.54. The molecule has 0 aliphatic carbocycles. The maximum Gasteiger partial charge on any atom is 0.241 e. The Morgan fingerprint density at radius 3 is 2.68 bits per heavy atom.